The number of hydrogen-bond donors (Lipinski definition) is 0. The van der Waals surface area contributed by atoms with Crippen LogP contribution in [0.15, 0.2) is 65.3 Å². The fourth-order valence-electron chi connectivity index (χ4n) is 3.13. The van der Waals surface area contributed by atoms with Crippen molar-refractivity contribution in [2.75, 3.05) is 27.2 Å². The molecule has 2 aromatic carbocycles. The predicted molar refractivity (Wildman–Crippen MR) is 127 cm³/mol. The lowest BCUT2D eigenvalue weighted by atomic mass is 10.2. The van der Waals surface area contributed by atoms with Gasteiger partial charge in [0.1, 0.15) is 30.4 Å². The van der Waals surface area contributed by atoms with Crippen molar-refractivity contribution in [2.45, 2.75) is 26.5 Å². The Bertz CT molecular complexity index is 1180. The molecule has 0 aliphatic rings. The summed E-state index contributed by atoms with van der Waals surface area (Å²) in [6.07, 6.45) is 1.21. The van der Waals surface area contributed by atoms with Crippen molar-refractivity contribution in [3.63, 3.8) is 0 Å². The number of oxazole rings is 1. The van der Waals surface area contributed by atoms with Crippen molar-refractivity contribution in [3.05, 3.63) is 72.1 Å². The number of carbonyl (C=O) groups is 1. The van der Waals surface area contributed by atoms with E-state index in [9.17, 15) is 13.2 Å². The molecule has 10 heteroatoms. The van der Waals surface area contributed by atoms with Gasteiger partial charge in [-0.2, -0.15) is 17.0 Å². The van der Waals surface area contributed by atoms with Crippen LogP contribution >= 0.6 is 0 Å². The molecule has 1 atom stereocenters. The molecule has 0 aliphatic heterocycles. The number of nitrogens with zero attached hydrogens (tertiary/aromatic N) is 3. The Hall–Kier alpha value is -3.21. The highest BCUT2D eigenvalue weighted by atomic mass is 32.2. The van der Waals surface area contributed by atoms with Crippen LogP contribution in [0.3, 0.4) is 0 Å². The molecule has 0 aliphatic carbocycles. The average Bonchev–Trinajstić information content (AvgIpc) is 3.31. The van der Waals surface area contributed by atoms with Crippen molar-refractivity contribution in [3.8, 4) is 17.2 Å². The lowest BCUT2D eigenvalue weighted by molar-refractivity contribution is -0.143. The van der Waals surface area contributed by atoms with Crippen LogP contribution < -0.4 is 4.74 Å². The van der Waals surface area contributed by atoms with Gasteiger partial charge in [-0.25, -0.2) is 4.98 Å². The van der Waals surface area contributed by atoms with E-state index in [0.29, 0.717) is 22.9 Å². The summed E-state index contributed by atoms with van der Waals surface area (Å²) in [6, 6.07) is 16.6. The molecule has 3 aromatic rings. The van der Waals surface area contributed by atoms with E-state index in [1.165, 1.54) is 14.1 Å². The molecule has 1 heterocycles. The molecular formula is C24H29N3O6S. The fraction of sp³-hybridized carbons (Fsp3) is 0.333. The van der Waals surface area contributed by atoms with Crippen LogP contribution in [0.5, 0.6) is 5.75 Å². The number of rotatable bonds is 11. The van der Waals surface area contributed by atoms with Gasteiger partial charge < -0.3 is 13.9 Å². The van der Waals surface area contributed by atoms with Crippen LogP contribution in [-0.2, 0) is 26.3 Å². The molecule has 0 saturated carbocycles. The molecule has 0 N–H and O–H groups in total. The number of ether oxygens (including phenoxy) is 2. The summed E-state index contributed by atoms with van der Waals surface area (Å²) in [5, 5.41) is 0. The van der Waals surface area contributed by atoms with Crippen LogP contribution in [0.25, 0.3) is 11.5 Å². The molecule has 0 bridgehead atoms. The van der Waals surface area contributed by atoms with E-state index >= 15 is 0 Å². The quantitative estimate of drug-likeness (QED) is 0.380. The Morgan fingerprint density at radius 1 is 1.09 bits per heavy atom. The van der Waals surface area contributed by atoms with Crippen LogP contribution in [-0.4, -0.2) is 55.2 Å². The van der Waals surface area contributed by atoms with Crippen LogP contribution in [0.2, 0.25) is 0 Å². The first-order chi connectivity index (χ1) is 16.2. The van der Waals surface area contributed by atoms with Gasteiger partial charge >= 0.3 is 5.97 Å². The highest BCUT2D eigenvalue weighted by Gasteiger charge is 2.27. The monoisotopic (exact) mass is 487 g/mol. The van der Waals surface area contributed by atoms with E-state index in [4.69, 9.17) is 13.9 Å². The molecule has 0 saturated heterocycles. The zero-order valence-corrected chi connectivity index (χ0v) is 20.5. The van der Waals surface area contributed by atoms with Gasteiger partial charge in [0.25, 0.3) is 10.2 Å². The molecule has 1 aromatic heterocycles. The summed E-state index contributed by atoms with van der Waals surface area (Å²) in [5.74, 6) is 0.502. The first kappa shape index (κ1) is 25.4. The van der Waals surface area contributed by atoms with E-state index < -0.39 is 16.2 Å². The second kappa shape index (κ2) is 11.3. The molecule has 0 amide bonds. The van der Waals surface area contributed by atoms with E-state index in [1.54, 1.807) is 37.5 Å². The molecular weight excluding hydrogens is 458 g/mol. The number of hydrogen-bond acceptors (Lipinski definition) is 7. The lowest BCUT2D eigenvalue weighted by Gasteiger charge is -2.24. The maximum absolute atomic E-state index is 12.7. The van der Waals surface area contributed by atoms with Gasteiger partial charge in [-0.1, -0.05) is 30.3 Å². The van der Waals surface area contributed by atoms with Gasteiger partial charge in [-0.3, -0.25) is 4.79 Å². The molecule has 0 fully saturated rings. The van der Waals surface area contributed by atoms with Crippen molar-refractivity contribution in [2.24, 2.45) is 0 Å². The zero-order valence-electron chi connectivity index (χ0n) is 19.7. The number of carbonyl (C=O) groups excluding carboxylic acids is 1. The van der Waals surface area contributed by atoms with Gasteiger partial charge in [0.15, 0.2) is 0 Å². The normalized spacial score (nSPS) is 12.6. The number of esters is 1. The first-order valence-electron chi connectivity index (χ1n) is 10.8. The Morgan fingerprint density at radius 3 is 2.38 bits per heavy atom. The first-order valence-corrected chi connectivity index (χ1v) is 12.2. The lowest BCUT2D eigenvalue weighted by Crippen LogP contribution is -2.42. The molecule has 182 valence electrons. The Morgan fingerprint density at radius 2 is 1.76 bits per heavy atom. The minimum absolute atomic E-state index is 0.0128. The van der Waals surface area contributed by atoms with Crippen molar-refractivity contribution < 1.29 is 27.1 Å². The smallest absolute Gasteiger partial charge is 0.321 e. The molecule has 9 nitrogen and oxygen atoms in total. The van der Waals surface area contributed by atoms with Gasteiger partial charge in [-0.05, 0) is 43.7 Å². The fourth-order valence-corrected chi connectivity index (χ4v) is 4.17. The largest absolute Gasteiger partial charge is 0.484 e. The summed E-state index contributed by atoms with van der Waals surface area (Å²) in [6.45, 7) is 3.35. The maximum atomic E-state index is 12.7. The number of aromatic nitrogens is 1. The third-order valence-electron chi connectivity index (χ3n) is 4.95. The highest BCUT2D eigenvalue weighted by Crippen LogP contribution is 2.25. The van der Waals surface area contributed by atoms with E-state index in [1.807, 2.05) is 37.3 Å². The van der Waals surface area contributed by atoms with Crippen LogP contribution in [0.1, 0.15) is 31.2 Å². The number of benzene rings is 2. The summed E-state index contributed by atoms with van der Waals surface area (Å²) in [7, 11) is -0.989. The molecule has 3 rings (SSSR count). The summed E-state index contributed by atoms with van der Waals surface area (Å²) < 4.78 is 43.9. The van der Waals surface area contributed by atoms with Gasteiger partial charge in [0.05, 0.1) is 6.61 Å². The summed E-state index contributed by atoms with van der Waals surface area (Å²) >= 11 is 0. The summed E-state index contributed by atoms with van der Waals surface area (Å²) in [4.78, 5) is 16.4. The summed E-state index contributed by atoms with van der Waals surface area (Å²) in [5.41, 5.74) is 2.23. The molecule has 34 heavy (non-hydrogen) atoms. The SMILES string of the molecule is CCOC(=O)CN(Cc1ccc(OC(C)c2coc(-c3ccccc3)n2)cc1)S(=O)(=O)N(C)C. The van der Waals surface area contributed by atoms with Crippen molar-refractivity contribution in [1.82, 2.24) is 13.6 Å². The Kier molecular flexibility index (Phi) is 8.43. The van der Waals surface area contributed by atoms with E-state index in [-0.39, 0.29) is 25.8 Å². The van der Waals surface area contributed by atoms with Crippen LogP contribution in [0, 0.1) is 0 Å². The Balaban J connectivity index is 1.67. The minimum atomic E-state index is -3.82. The molecule has 0 radical (unpaired) electrons. The predicted octanol–water partition coefficient (Wildman–Crippen LogP) is 3.65. The third kappa shape index (κ3) is 6.43. The second-order valence-corrected chi connectivity index (χ2v) is 9.85. The topological polar surface area (TPSA) is 102 Å². The van der Waals surface area contributed by atoms with Gasteiger partial charge in [0.2, 0.25) is 5.89 Å². The highest BCUT2D eigenvalue weighted by molar-refractivity contribution is 7.86. The van der Waals surface area contributed by atoms with Gasteiger partial charge in [-0.15, -0.1) is 0 Å². The van der Waals surface area contributed by atoms with E-state index in [2.05, 4.69) is 4.98 Å². The van der Waals surface area contributed by atoms with Gasteiger partial charge in [0, 0.05) is 26.2 Å². The second-order valence-electron chi connectivity index (χ2n) is 7.71. The van der Waals surface area contributed by atoms with Crippen molar-refractivity contribution in [1.29, 1.82) is 0 Å². The average molecular weight is 488 g/mol. The minimum Gasteiger partial charge on any atom is -0.484 e. The Labute approximate surface area is 200 Å². The van der Waals surface area contributed by atoms with E-state index in [0.717, 1.165) is 14.2 Å². The van der Waals surface area contributed by atoms with Crippen molar-refractivity contribution >= 4 is 16.2 Å². The standard InChI is InChI=1S/C24H29N3O6S/c1-5-31-23(28)16-27(34(29,30)26(3)4)15-19-11-13-21(14-12-19)33-18(2)22-17-32-24(25-22)20-9-7-6-8-10-20/h6-14,17-18H,5,15-16H2,1-4H3. The van der Waals surface area contributed by atoms with Crippen LogP contribution in [0.4, 0.5) is 0 Å². The molecule has 0 spiro atoms. The molecule has 1 unspecified atom stereocenters. The third-order valence-corrected chi connectivity index (χ3v) is 6.79. The zero-order chi connectivity index (χ0) is 24.7. The maximum Gasteiger partial charge on any atom is 0.321 e.